The summed E-state index contributed by atoms with van der Waals surface area (Å²) in [7, 11) is 0. The molecule has 0 atom stereocenters. The maximum absolute atomic E-state index is 12.1. The molecule has 0 radical (unpaired) electrons. The number of carbonyl (C=O) groups is 1. The Morgan fingerprint density at radius 2 is 2.20 bits per heavy atom. The second-order valence-electron chi connectivity index (χ2n) is 4.33. The molecule has 3 heterocycles. The van der Waals surface area contributed by atoms with E-state index in [0.29, 0.717) is 11.3 Å². The molecule has 1 amide bonds. The summed E-state index contributed by atoms with van der Waals surface area (Å²) in [5.74, 6) is -0.189. The number of carbonyl (C=O) groups excluding carboxylic acids is 1. The largest absolute Gasteiger partial charge is 0.321 e. The Balaban J connectivity index is 1.91. The molecule has 0 aliphatic carbocycles. The highest BCUT2D eigenvalue weighted by molar-refractivity contribution is 9.10. The van der Waals surface area contributed by atoms with E-state index in [-0.39, 0.29) is 5.91 Å². The molecule has 6 heteroatoms. The lowest BCUT2D eigenvalue weighted by molar-refractivity contribution is 0.102. The van der Waals surface area contributed by atoms with E-state index in [0.717, 1.165) is 15.9 Å². The Bertz CT molecular complexity index is 782. The van der Waals surface area contributed by atoms with E-state index < -0.39 is 0 Å². The number of amides is 1. The predicted molar refractivity (Wildman–Crippen MR) is 79.8 cm³/mol. The van der Waals surface area contributed by atoms with Crippen molar-refractivity contribution in [3.05, 3.63) is 58.7 Å². The lowest BCUT2D eigenvalue weighted by Gasteiger charge is -2.05. The van der Waals surface area contributed by atoms with Crippen LogP contribution >= 0.6 is 15.9 Å². The van der Waals surface area contributed by atoms with Gasteiger partial charge in [-0.25, -0.2) is 4.98 Å². The number of fused-ring (bicyclic) bond motifs is 1. The minimum Gasteiger partial charge on any atom is -0.321 e. The number of aromatic nitrogens is 3. The molecule has 20 heavy (non-hydrogen) atoms. The molecule has 0 aliphatic heterocycles. The highest BCUT2D eigenvalue weighted by Gasteiger charge is 2.09. The molecule has 5 nitrogen and oxygen atoms in total. The maximum Gasteiger partial charge on any atom is 0.257 e. The van der Waals surface area contributed by atoms with Crippen LogP contribution in [0.1, 0.15) is 16.1 Å². The standard InChI is InChI=1S/C14H11BrN4O/c1-9-13(15)19-8-11(4-5-12(19)17-9)18-14(20)10-3-2-6-16-7-10/h2-8H,1H3,(H,18,20). The molecule has 0 unspecified atom stereocenters. The van der Waals surface area contributed by atoms with Crippen molar-refractivity contribution in [1.29, 1.82) is 0 Å². The van der Waals surface area contributed by atoms with Crippen molar-refractivity contribution in [2.24, 2.45) is 0 Å². The van der Waals surface area contributed by atoms with E-state index in [2.05, 4.69) is 31.2 Å². The molecular weight excluding hydrogens is 320 g/mol. The molecular formula is C14H11BrN4O. The fourth-order valence-electron chi connectivity index (χ4n) is 1.91. The molecule has 3 aromatic rings. The summed E-state index contributed by atoms with van der Waals surface area (Å²) in [6, 6.07) is 7.13. The van der Waals surface area contributed by atoms with Crippen molar-refractivity contribution < 1.29 is 4.79 Å². The van der Waals surface area contributed by atoms with Crippen LogP contribution in [0.25, 0.3) is 5.65 Å². The van der Waals surface area contributed by atoms with E-state index in [1.54, 1.807) is 18.3 Å². The average molecular weight is 331 g/mol. The molecule has 0 fully saturated rings. The molecule has 1 N–H and O–H groups in total. The van der Waals surface area contributed by atoms with Gasteiger partial charge in [-0.1, -0.05) is 0 Å². The Kier molecular flexibility index (Phi) is 3.23. The number of anilines is 1. The number of aryl methyl sites for hydroxylation is 1. The first-order chi connectivity index (χ1) is 9.65. The van der Waals surface area contributed by atoms with Crippen LogP contribution in [0.15, 0.2) is 47.5 Å². The van der Waals surface area contributed by atoms with Crippen molar-refractivity contribution in [3.8, 4) is 0 Å². The summed E-state index contributed by atoms with van der Waals surface area (Å²) >= 11 is 3.47. The van der Waals surface area contributed by atoms with Crippen LogP contribution in [0, 0.1) is 6.92 Å². The van der Waals surface area contributed by atoms with Crippen LogP contribution in [-0.2, 0) is 0 Å². The fourth-order valence-corrected chi connectivity index (χ4v) is 2.28. The number of pyridine rings is 2. The Hall–Kier alpha value is -2.21. The summed E-state index contributed by atoms with van der Waals surface area (Å²) in [6.45, 7) is 1.92. The number of nitrogens with zero attached hydrogens (tertiary/aromatic N) is 3. The van der Waals surface area contributed by atoms with Gasteiger partial charge >= 0.3 is 0 Å². The fraction of sp³-hybridized carbons (Fsp3) is 0.0714. The molecule has 0 aliphatic rings. The van der Waals surface area contributed by atoms with Gasteiger partial charge < -0.3 is 5.32 Å². The third-order valence-electron chi connectivity index (χ3n) is 2.90. The zero-order chi connectivity index (χ0) is 14.1. The first-order valence-corrected chi connectivity index (χ1v) is 6.80. The Morgan fingerprint density at radius 1 is 1.35 bits per heavy atom. The van der Waals surface area contributed by atoms with E-state index in [1.807, 2.05) is 29.7 Å². The van der Waals surface area contributed by atoms with Gasteiger partial charge in [-0.05, 0) is 47.1 Å². The second-order valence-corrected chi connectivity index (χ2v) is 5.08. The number of hydrogen-bond donors (Lipinski definition) is 1. The van der Waals surface area contributed by atoms with Crippen LogP contribution in [0.4, 0.5) is 5.69 Å². The summed E-state index contributed by atoms with van der Waals surface area (Å²) in [5.41, 5.74) is 2.95. The van der Waals surface area contributed by atoms with Crippen molar-refractivity contribution in [3.63, 3.8) is 0 Å². The zero-order valence-corrected chi connectivity index (χ0v) is 12.3. The van der Waals surface area contributed by atoms with Gasteiger partial charge in [-0.2, -0.15) is 0 Å². The monoisotopic (exact) mass is 330 g/mol. The smallest absolute Gasteiger partial charge is 0.257 e. The number of halogens is 1. The van der Waals surface area contributed by atoms with E-state index in [9.17, 15) is 4.79 Å². The first kappa shape index (κ1) is 12.8. The molecule has 0 bridgehead atoms. The van der Waals surface area contributed by atoms with Crippen molar-refractivity contribution >= 4 is 33.2 Å². The molecule has 100 valence electrons. The van der Waals surface area contributed by atoms with Gasteiger partial charge in [0.25, 0.3) is 5.91 Å². The molecule has 0 saturated carbocycles. The van der Waals surface area contributed by atoms with Gasteiger partial charge in [-0.3, -0.25) is 14.2 Å². The minimum atomic E-state index is -0.189. The van der Waals surface area contributed by atoms with Crippen LogP contribution in [0.2, 0.25) is 0 Å². The molecule has 0 aromatic carbocycles. The number of imidazole rings is 1. The molecule has 3 rings (SSSR count). The van der Waals surface area contributed by atoms with Gasteiger partial charge in [0, 0.05) is 18.6 Å². The lowest BCUT2D eigenvalue weighted by atomic mass is 10.2. The quantitative estimate of drug-likeness (QED) is 0.785. The van der Waals surface area contributed by atoms with Gasteiger partial charge in [0.15, 0.2) is 0 Å². The predicted octanol–water partition coefficient (Wildman–Crippen LogP) is 3.05. The lowest BCUT2D eigenvalue weighted by Crippen LogP contribution is -2.12. The Labute approximate surface area is 123 Å². The summed E-state index contributed by atoms with van der Waals surface area (Å²) in [5, 5.41) is 2.84. The normalized spacial score (nSPS) is 10.7. The average Bonchev–Trinajstić information content (AvgIpc) is 2.75. The molecule has 0 spiro atoms. The number of rotatable bonds is 2. The van der Waals surface area contributed by atoms with Gasteiger partial charge in [0.05, 0.1) is 16.9 Å². The maximum atomic E-state index is 12.1. The van der Waals surface area contributed by atoms with E-state index >= 15 is 0 Å². The van der Waals surface area contributed by atoms with Gasteiger partial charge in [0.1, 0.15) is 10.3 Å². The van der Waals surface area contributed by atoms with Crippen LogP contribution in [0.3, 0.4) is 0 Å². The summed E-state index contributed by atoms with van der Waals surface area (Å²) < 4.78 is 2.76. The number of hydrogen-bond acceptors (Lipinski definition) is 3. The van der Waals surface area contributed by atoms with Crippen LogP contribution < -0.4 is 5.32 Å². The zero-order valence-electron chi connectivity index (χ0n) is 10.7. The van der Waals surface area contributed by atoms with Crippen molar-refractivity contribution in [2.45, 2.75) is 6.92 Å². The van der Waals surface area contributed by atoms with Crippen molar-refractivity contribution in [1.82, 2.24) is 14.4 Å². The van der Waals surface area contributed by atoms with Gasteiger partial charge in [0.2, 0.25) is 0 Å². The topological polar surface area (TPSA) is 59.3 Å². The highest BCUT2D eigenvalue weighted by atomic mass is 79.9. The molecule has 3 aromatic heterocycles. The number of nitrogens with one attached hydrogen (secondary N) is 1. The van der Waals surface area contributed by atoms with Crippen LogP contribution in [0.5, 0.6) is 0 Å². The first-order valence-electron chi connectivity index (χ1n) is 6.01. The third-order valence-corrected chi connectivity index (χ3v) is 3.86. The third kappa shape index (κ3) is 2.30. The SMILES string of the molecule is Cc1nc2ccc(NC(=O)c3cccnc3)cn2c1Br. The van der Waals surface area contributed by atoms with E-state index in [1.165, 1.54) is 6.20 Å². The molecule has 0 saturated heterocycles. The second kappa shape index (κ2) is 5.05. The minimum absolute atomic E-state index is 0.189. The van der Waals surface area contributed by atoms with Gasteiger partial charge in [-0.15, -0.1) is 0 Å². The summed E-state index contributed by atoms with van der Waals surface area (Å²) in [6.07, 6.45) is 4.99. The summed E-state index contributed by atoms with van der Waals surface area (Å²) in [4.78, 5) is 20.4. The van der Waals surface area contributed by atoms with E-state index in [4.69, 9.17) is 0 Å². The van der Waals surface area contributed by atoms with Crippen molar-refractivity contribution in [2.75, 3.05) is 5.32 Å². The highest BCUT2D eigenvalue weighted by Crippen LogP contribution is 2.20. The Morgan fingerprint density at radius 3 is 2.95 bits per heavy atom. The van der Waals surface area contributed by atoms with Crippen LogP contribution in [-0.4, -0.2) is 20.3 Å².